The van der Waals surface area contributed by atoms with Crippen LogP contribution in [0.15, 0.2) is 176 Å². The number of piperidine rings is 2. The number of carbonyl (C=O) groups is 4. The lowest BCUT2D eigenvalue weighted by Crippen LogP contribution is -2.43. The zero-order valence-corrected chi connectivity index (χ0v) is 76.1. The molecule has 8 aliphatic rings. The number of Topliss-reactive ketones (excluding diaryl/α,β-unsaturated/α-hetero) is 4. The zero-order chi connectivity index (χ0) is 88.4. The van der Waals surface area contributed by atoms with Crippen molar-refractivity contribution in [3.63, 3.8) is 0 Å². The molecule has 0 amide bonds. The largest absolute Gasteiger partial charge is 0.495 e. The number of ketones is 4. The van der Waals surface area contributed by atoms with Gasteiger partial charge in [-0.05, 0) is 239 Å². The molecule has 8 fully saturated rings. The number of methoxy groups -OCH3 is 4. The standard InChI is InChI=1S/C28H34FN3O2.C28H40N2O2.C27H31FN2O3.C24H28N2O3/c1-34-26-6-2-5-24-25(28(33)22-9-10-22)20-32(27(24)26)16-4-14-30-13-3-15-31(18-17-30)19-21-7-11-23(29)12-8-21;1-3-4-5-8-20-17-22-13-14-23(18-20)30(22)16-7-15-29-19-25(28(31)21-11-12-21)24-9-6-10-26(32-2)27(24)29;1-32-25-5-2-4-23-24(27(31)19-6-7-19)18-30(26(23)25)15-3-14-29-16-12-22(13-17-29)33-21-10-8-20(28)9-11-21;1-28-22-10-5-9-20-21(24(27)18-11-12-18)17-26(23(20)22)15-6-13-25-14-16-29-19-7-3-2-4-8-19/h2,5-8,11-12,20,22H,3-4,9-10,13-19H2,1H3;6,9-10,19-23H,3-5,7-8,11-18H2,1-2H3;2,4-5,8-11,18-19,22H,3,6-7,12-17H2,1H3;2-5,7-10,17-18,25H,6,11-16H2,1H3. The maximum atomic E-state index is 13.2. The molecule has 0 radical (unpaired) electrons. The number of ether oxygens (including phenoxy) is 6. The van der Waals surface area contributed by atoms with E-state index in [9.17, 15) is 28.0 Å². The average Bonchev–Trinajstić information content (AvgIpc) is 1.63. The summed E-state index contributed by atoms with van der Waals surface area (Å²) in [4.78, 5) is 61.7. The molecular weight excluding hydrogens is 1610 g/mol. The van der Waals surface area contributed by atoms with E-state index in [0.717, 1.165) is 313 Å². The first-order valence-corrected chi connectivity index (χ1v) is 48.0. The predicted molar refractivity (Wildman–Crippen MR) is 505 cm³/mol. The van der Waals surface area contributed by atoms with Crippen molar-refractivity contribution in [1.29, 1.82) is 0 Å². The van der Waals surface area contributed by atoms with Crippen molar-refractivity contribution in [3.05, 3.63) is 216 Å². The van der Waals surface area contributed by atoms with E-state index in [1.165, 1.54) is 75.6 Å². The minimum absolute atomic E-state index is 0.178. The van der Waals surface area contributed by atoms with Crippen LogP contribution < -0.4 is 33.7 Å². The lowest BCUT2D eigenvalue weighted by molar-refractivity contribution is 0.0959. The van der Waals surface area contributed by atoms with Gasteiger partial charge < -0.3 is 61.8 Å². The van der Waals surface area contributed by atoms with Crippen molar-refractivity contribution in [3.8, 4) is 34.5 Å². The first kappa shape index (κ1) is 91.2. The number of para-hydroxylation sites is 5. The van der Waals surface area contributed by atoms with Gasteiger partial charge in [-0.2, -0.15) is 0 Å². The number of carbonyl (C=O) groups excluding carboxylic acids is 4. The van der Waals surface area contributed by atoms with Crippen LogP contribution in [0, 0.1) is 41.2 Å². The summed E-state index contributed by atoms with van der Waals surface area (Å²) in [7, 11) is 6.80. The maximum Gasteiger partial charge on any atom is 0.168 e. The lowest BCUT2D eigenvalue weighted by atomic mass is 9.86. The summed E-state index contributed by atoms with van der Waals surface area (Å²) in [6.45, 7) is 18.5. The molecule has 4 aromatic heterocycles. The van der Waals surface area contributed by atoms with Crippen LogP contribution in [0.3, 0.4) is 0 Å². The normalized spacial score (nSPS) is 18.6. The van der Waals surface area contributed by atoms with Gasteiger partial charge in [0.1, 0.15) is 58.8 Å². The number of halogens is 2. The number of likely N-dealkylation sites (tertiary alicyclic amines) is 1. The second-order valence-electron chi connectivity index (χ2n) is 36.9. The van der Waals surface area contributed by atoms with Crippen LogP contribution in [-0.2, 0) is 32.7 Å². The highest BCUT2D eigenvalue weighted by Crippen LogP contribution is 2.45. The van der Waals surface area contributed by atoms with Crippen LogP contribution in [-0.4, -0.2) is 186 Å². The van der Waals surface area contributed by atoms with Crippen molar-refractivity contribution in [2.45, 2.75) is 206 Å². The van der Waals surface area contributed by atoms with Crippen molar-refractivity contribution in [2.24, 2.45) is 29.6 Å². The Morgan fingerprint density at radius 2 is 0.789 bits per heavy atom. The molecule has 0 spiro atoms. The molecule has 19 nitrogen and oxygen atoms in total. The SMILES string of the molecule is CCCCCC1CC2CCC(C1)N2CCCn1cc(C(=O)C2CC2)c2cccc(OC)c21.COc1cccc2c(C(=O)C3CC3)cn(CCCN3CCC(Oc4ccc(F)cc4)CC3)c12.COc1cccc2c(C(=O)C3CC3)cn(CCCN3CCCN(Cc4ccc(F)cc4)CC3)c12.COc1cccc2c(C(=O)C3CC3)cn(CCCNCCOc3ccccc3)c12. The number of unbranched alkanes of at least 4 members (excludes halogenated alkanes) is 2. The topological polar surface area (TPSA) is 168 Å². The summed E-state index contributed by atoms with van der Waals surface area (Å²) in [6, 6.07) is 48.7. The maximum absolute atomic E-state index is 13.2. The first-order valence-electron chi connectivity index (χ1n) is 48.0. The van der Waals surface area contributed by atoms with Gasteiger partial charge in [0.2, 0.25) is 0 Å². The second-order valence-corrected chi connectivity index (χ2v) is 36.9. The third kappa shape index (κ3) is 23.2. The summed E-state index contributed by atoms with van der Waals surface area (Å²) in [5.41, 5.74) is 8.77. The molecular formula is C107H133F2N9O10. The number of hydrogen-bond acceptors (Lipinski definition) is 15. The fraction of sp³-hybridized carbons (Fsp3) is 0.495. The third-order valence-corrected chi connectivity index (χ3v) is 27.6. The Labute approximate surface area is 754 Å². The summed E-state index contributed by atoms with van der Waals surface area (Å²) in [5, 5.41) is 7.51. The highest BCUT2D eigenvalue weighted by Gasteiger charge is 2.41. The molecule has 8 heterocycles. The first-order chi connectivity index (χ1) is 62.7. The summed E-state index contributed by atoms with van der Waals surface area (Å²) < 4.78 is 69.4. The van der Waals surface area contributed by atoms with Gasteiger partial charge in [0.25, 0.3) is 0 Å². The molecule has 2 unspecified atom stereocenters. The molecule has 21 heteroatoms. The number of fused-ring (bicyclic) bond motifs is 6. The highest BCUT2D eigenvalue weighted by atomic mass is 19.1. The molecule has 1 N–H and O–H groups in total. The van der Waals surface area contributed by atoms with Crippen LogP contribution in [0.1, 0.15) is 202 Å². The number of benzene rings is 7. The van der Waals surface area contributed by atoms with E-state index in [-0.39, 0.29) is 58.8 Å². The molecule has 680 valence electrons. The Balaban J connectivity index is 0.000000126. The molecule has 7 aromatic carbocycles. The van der Waals surface area contributed by atoms with Gasteiger partial charge in [-0.1, -0.05) is 111 Å². The van der Waals surface area contributed by atoms with Crippen LogP contribution >= 0.6 is 0 Å². The van der Waals surface area contributed by atoms with Gasteiger partial charge in [-0.25, -0.2) is 8.78 Å². The Morgan fingerprint density at radius 3 is 1.22 bits per heavy atom. The van der Waals surface area contributed by atoms with Crippen LogP contribution in [0.2, 0.25) is 0 Å². The highest BCUT2D eigenvalue weighted by molar-refractivity contribution is 6.14. The molecule has 4 aliphatic carbocycles. The minimum Gasteiger partial charge on any atom is -0.495 e. The van der Waals surface area contributed by atoms with E-state index in [4.69, 9.17) is 28.4 Å². The summed E-state index contributed by atoms with van der Waals surface area (Å²) in [5.74, 6) is 7.56. The molecule has 4 saturated carbocycles. The second kappa shape index (κ2) is 44.0. The van der Waals surface area contributed by atoms with Crippen LogP contribution in [0.25, 0.3) is 43.6 Å². The van der Waals surface area contributed by atoms with Crippen LogP contribution in [0.4, 0.5) is 8.78 Å². The predicted octanol–water partition coefficient (Wildman–Crippen LogP) is 21.1. The summed E-state index contributed by atoms with van der Waals surface area (Å²) in [6.07, 6.45) is 35.0. The number of hydrogen-bond donors (Lipinski definition) is 1. The number of rotatable bonds is 40. The van der Waals surface area contributed by atoms with Gasteiger partial charge in [0.05, 0.1) is 50.5 Å². The Kier molecular flexibility index (Phi) is 31.3. The van der Waals surface area contributed by atoms with E-state index in [0.29, 0.717) is 12.4 Å². The molecule has 128 heavy (non-hydrogen) atoms. The minimum atomic E-state index is -0.241. The van der Waals surface area contributed by atoms with Crippen molar-refractivity contribution >= 4 is 66.7 Å². The molecule has 2 atom stereocenters. The van der Waals surface area contributed by atoms with Crippen LogP contribution in [0.5, 0.6) is 34.5 Å². The molecule has 4 saturated heterocycles. The fourth-order valence-electron chi connectivity index (χ4n) is 20.2. The van der Waals surface area contributed by atoms with Crippen molar-refractivity contribution in [1.82, 2.24) is 43.2 Å². The van der Waals surface area contributed by atoms with E-state index < -0.39 is 0 Å². The van der Waals surface area contributed by atoms with E-state index in [1.807, 2.05) is 116 Å². The van der Waals surface area contributed by atoms with Crippen molar-refractivity contribution in [2.75, 3.05) is 107 Å². The quantitative estimate of drug-likeness (QED) is 0.0284. The monoisotopic (exact) mass is 1740 g/mol. The fourth-order valence-corrected chi connectivity index (χ4v) is 20.2. The van der Waals surface area contributed by atoms with Gasteiger partial charge >= 0.3 is 0 Å². The number of nitrogens with one attached hydrogen (secondary N) is 1. The molecule has 2 bridgehead atoms. The number of nitrogens with zero attached hydrogens (tertiary/aromatic N) is 8. The number of aromatic nitrogens is 4. The van der Waals surface area contributed by atoms with Gasteiger partial charge in [0.15, 0.2) is 23.1 Å². The summed E-state index contributed by atoms with van der Waals surface area (Å²) >= 11 is 0. The van der Waals surface area contributed by atoms with E-state index >= 15 is 0 Å². The van der Waals surface area contributed by atoms with Crippen molar-refractivity contribution < 1.29 is 56.4 Å². The van der Waals surface area contributed by atoms with Gasteiger partial charge in [0, 0.05) is 176 Å². The third-order valence-electron chi connectivity index (χ3n) is 27.6. The van der Waals surface area contributed by atoms with Gasteiger partial charge in [-0.15, -0.1) is 0 Å². The number of aryl methyl sites for hydroxylation is 4. The van der Waals surface area contributed by atoms with Gasteiger partial charge in [-0.3, -0.25) is 29.0 Å². The Bertz CT molecular complexity index is 5490. The molecule has 11 aromatic rings. The molecule has 4 aliphatic heterocycles. The Hall–Kier alpha value is -10.2. The molecule has 19 rings (SSSR count). The smallest absolute Gasteiger partial charge is 0.168 e. The van der Waals surface area contributed by atoms with E-state index in [2.05, 4.69) is 74.6 Å². The average molecular weight is 1740 g/mol. The Morgan fingerprint density at radius 1 is 0.383 bits per heavy atom. The lowest BCUT2D eigenvalue weighted by Gasteiger charge is -2.39. The zero-order valence-electron chi connectivity index (χ0n) is 76.1. The van der Waals surface area contributed by atoms with E-state index in [1.54, 1.807) is 52.7 Å².